The highest BCUT2D eigenvalue weighted by molar-refractivity contribution is 5.70. The zero-order valence-electron chi connectivity index (χ0n) is 7.95. The molecule has 0 saturated carbocycles. The number of esters is 1. The molecule has 0 spiro atoms. The van der Waals surface area contributed by atoms with Crippen LogP contribution in [0.25, 0.3) is 0 Å². The number of aliphatic hydroxyl groups is 3. The van der Waals surface area contributed by atoms with Crippen LogP contribution in [0.1, 0.15) is 13.8 Å². The third-order valence-electron chi connectivity index (χ3n) is 1.62. The molecular weight excluding hydrogens is 192 g/mol. The molecule has 0 aromatic carbocycles. The topological polar surface area (TPSA) is 104 Å². The van der Waals surface area contributed by atoms with E-state index in [1.807, 2.05) is 0 Å². The van der Waals surface area contributed by atoms with Gasteiger partial charge >= 0.3 is 5.97 Å². The predicted octanol–water partition coefficient (Wildman–Crippen LogP) is -1.78. The average molecular weight is 206 g/mol. The summed E-state index contributed by atoms with van der Waals surface area (Å²) in [6.07, 6.45) is -5.65. The Morgan fingerprint density at radius 1 is 1.29 bits per heavy atom. The van der Waals surface area contributed by atoms with Crippen molar-refractivity contribution in [3.63, 3.8) is 0 Å². The molecule has 0 aliphatic heterocycles. The van der Waals surface area contributed by atoms with E-state index in [4.69, 9.17) is 10.2 Å². The van der Waals surface area contributed by atoms with E-state index in [0.717, 1.165) is 6.92 Å². The molecule has 82 valence electrons. The lowest BCUT2D eigenvalue weighted by Crippen LogP contribution is -2.45. The molecule has 0 unspecified atom stereocenters. The minimum atomic E-state index is -1.63. The molecule has 0 aromatic rings. The van der Waals surface area contributed by atoms with Gasteiger partial charge in [0.2, 0.25) is 0 Å². The number of hydrogen-bond acceptors (Lipinski definition) is 6. The van der Waals surface area contributed by atoms with Gasteiger partial charge in [-0.3, -0.25) is 9.59 Å². The number of aliphatic hydroxyl groups excluding tert-OH is 3. The van der Waals surface area contributed by atoms with E-state index in [2.05, 4.69) is 4.74 Å². The molecule has 0 amide bonds. The molecule has 6 nitrogen and oxygen atoms in total. The fourth-order valence-corrected chi connectivity index (χ4v) is 0.849. The molecule has 6 heteroatoms. The number of ether oxygens (including phenoxy) is 1. The zero-order valence-corrected chi connectivity index (χ0v) is 7.95. The Kier molecular flexibility index (Phi) is 5.29. The molecule has 14 heavy (non-hydrogen) atoms. The average Bonchev–Trinajstić information content (AvgIpc) is 2.11. The summed E-state index contributed by atoms with van der Waals surface area (Å²) in [7, 11) is 0. The lowest BCUT2D eigenvalue weighted by atomic mass is 10.1. The minimum Gasteiger partial charge on any atom is -0.452 e. The minimum absolute atomic E-state index is 0.192. The fraction of sp³-hybridized carbons (Fsp3) is 0.750. The van der Waals surface area contributed by atoms with E-state index in [0.29, 0.717) is 0 Å². The summed E-state index contributed by atoms with van der Waals surface area (Å²) >= 11 is 0. The smallest absolute Gasteiger partial charge is 0.303 e. The van der Waals surface area contributed by atoms with Gasteiger partial charge in [0, 0.05) is 6.92 Å². The van der Waals surface area contributed by atoms with Gasteiger partial charge in [-0.1, -0.05) is 0 Å². The van der Waals surface area contributed by atoms with Crippen molar-refractivity contribution in [2.24, 2.45) is 0 Å². The first kappa shape index (κ1) is 13.0. The Bertz CT molecular complexity index is 202. The van der Waals surface area contributed by atoms with Gasteiger partial charge in [-0.15, -0.1) is 0 Å². The summed E-state index contributed by atoms with van der Waals surface area (Å²) in [5.74, 6) is -0.751. The zero-order chi connectivity index (χ0) is 11.3. The van der Waals surface area contributed by atoms with Crippen LogP contribution < -0.4 is 0 Å². The van der Waals surface area contributed by atoms with Crippen LogP contribution in [0.3, 0.4) is 0 Å². The molecule has 0 aliphatic rings. The summed E-state index contributed by atoms with van der Waals surface area (Å²) in [5.41, 5.74) is 0. The largest absolute Gasteiger partial charge is 0.452 e. The first-order valence-electron chi connectivity index (χ1n) is 4.06. The SMILES string of the molecule is CC(=O)O[C@@H](C=O)[C@H](O)[C@H](O)[C@H](C)O. The van der Waals surface area contributed by atoms with E-state index in [-0.39, 0.29) is 6.29 Å². The van der Waals surface area contributed by atoms with Crippen molar-refractivity contribution in [3.05, 3.63) is 0 Å². The molecule has 0 rings (SSSR count). The molecular formula is C8H14O6. The van der Waals surface area contributed by atoms with Crippen molar-refractivity contribution in [2.75, 3.05) is 0 Å². The van der Waals surface area contributed by atoms with Crippen molar-refractivity contribution >= 4 is 12.3 Å². The number of rotatable bonds is 5. The van der Waals surface area contributed by atoms with Crippen molar-refractivity contribution in [2.45, 2.75) is 38.3 Å². The third-order valence-corrected chi connectivity index (χ3v) is 1.62. The van der Waals surface area contributed by atoms with E-state index in [9.17, 15) is 14.7 Å². The molecule has 0 heterocycles. The normalized spacial score (nSPS) is 19.2. The molecule has 0 aromatic heterocycles. The van der Waals surface area contributed by atoms with Crippen LogP contribution in [0.4, 0.5) is 0 Å². The summed E-state index contributed by atoms with van der Waals surface area (Å²) < 4.78 is 4.40. The molecule has 0 saturated heterocycles. The molecule has 4 atom stereocenters. The number of carbonyl (C=O) groups excluding carboxylic acids is 2. The van der Waals surface area contributed by atoms with Gasteiger partial charge in [0.1, 0.15) is 12.2 Å². The van der Waals surface area contributed by atoms with E-state index >= 15 is 0 Å². The molecule has 0 aliphatic carbocycles. The Labute approximate surface area is 81.1 Å². The second-order valence-corrected chi connectivity index (χ2v) is 2.93. The number of aldehydes is 1. The quantitative estimate of drug-likeness (QED) is 0.363. The number of hydrogen-bond donors (Lipinski definition) is 3. The number of carbonyl (C=O) groups is 2. The highest BCUT2D eigenvalue weighted by Crippen LogP contribution is 2.06. The van der Waals surface area contributed by atoms with E-state index in [1.165, 1.54) is 6.92 Å². The van der Waals surface area contributed by atoms with Crippen molar-refractivity contribution in [3.8, 4) is 0 Å². The fourth-order valence-electron chi connectivity index (χ4n) is 0.849. The van der Waals surface area contributed by atoms with Crippen LogP contribution >= 0.6 is 0 Å². The third kappa shape index (κ3) is 3.82. The maximum Gasteiger partial charge on any atom is 0.303 e. The second-order valence-electron chi connectivity index (χ2n) is 2.93. The molecule has 3 N–H and O–H groups in total. The Morgan fingerprint density at radius 3 is 2.07 bits per heavy atom. The van der Waals surface area contributed by atoms with Gasteiger partial charge in [-0.05, 0) is 6.92 Å². The van der Waals surface area contributed by atoms with Gasteiger partial charge in [0.25, 0.3) is 0 Å². The van der Waals surface area contributed by atoms with E-state index in [1.54, 1.807) is 0 Å². The van der Waals surface area contributed by atoms with Crippen LogP contribution in [0.15, 0.2) is 0 Å². The predicted molar refractivity (Wildman–Crippen MR) is 45.3 cm³/mol. The summed E-state index contributed by atoms with van der Waals surface area (Å²) in [6.45, 7) is 2.31. The van der Waals surface area contributed by atoms with Crippen LogP contribution in [-0.4, -0.2) is 52.0 Å². The van der Waals surface area contributed by atoms with Gasteiger partial charge in [0.05, 0.1) is 6.10 Å². The Morgan fingerprint density at radius 2 is 1.79 bits per heavy atom. The van der Waals surface area contributed by atoms with Crippen LogP contribution in [-0.2, 0) is 14.3 Å². The Hall–Kier alpha value is -0.980. The van der Waals surface area contributed by atoms with Gasteiger partial charge in [0.15, 0.2) is 12.4 Å². The Balaban J connectivity index is 4.36. The van der Waals surface area contributed by atoms with Gasteiger partial charge in [-0.2, -0.15) is 0 Å². The summed E-state index contributed by atoms with van der Waals surface area (Å²) in [4.78, 5) is 20.9. The molecule has 0 fully saturated rings. The molecule has 0 bridgehead atoms. The first-order chi connectivity index (χ1) is 6.40. The van der Waals surface area contributed by atoms with Gasteiger partial charge in [-0.25, -0.2) is 0 Å². The van der Waals surface area contributed by atoms with Gasteiger partial charge < -0.3 is 20.1 Å². The maximum atomic E-state index is 10.5. The maximum absolute atomic E-state index is 10.5. The second kappa shape index (κ2) is 5.69. The first-order valence-corrected chi connectivity index (χ1v) is 4.06. The van der Waals surface area contributed by atoms with Crippen LogP contribution in [0.5, 0.6) is 0 Å². The van der Waals surface area contributed by atoms with Crippen molar-refractivity contribution < 1.29 is 29.6 Å². The lowest BCUT2D eigenvalue weighted by molar-refractivity contribution is -0.164. The van der Waals surface area contributed by atoms with E-state index < -0.39 is 30.4 Å². The summed E-state index contributed by atoms with van der Waals surface area (Å²) in [5, 5.41) is 27.3. The monoisotopic (exact) mass is 206 g/mol. The van der Waals surface area contributed by atoms with Crippen molar-refractivity contribution in [1.29, 1.82) is 0 Å². The summed E-state index contributed by atoms with van der Waals surface area (Å²) in [6, 6.07) is 0. The highest BCUT2D eigenvalue weighted by Gasteiger charge is 2.31. The van der Waals surface area contributed by atoms with Crippen LogP contribution in [0.2, 0.25) is 0 Å². The van der Waals surface area contributed by atoms with Crippen LogP contribution in [0, 0.1) is 0 Å². The standard InChI is InChI=1S/C8H14O6/c1-4(10)7(12)8(13)6(3-9)14-5(2)11/h3-4,6-8,10,12-13H,1-2H3/t4-,6-,7+,8-/m0/s1. The van der Waals surface area contributed by atoms with Crippen molar-refractivity contribution in [1.82, 2.24) is 0 Å². The molecule has 0 radical (unpaired) electrons. The highest BCUT2D eigenvalue weighted by atomic mass is 16.6. The lowest BCUT2D eigenvalue weighted by Gasteiger charge is -2.24.